The highest BCUT2D eigenvalue weighted by atomic mass is 16.3. The number of phenolic OH excluding ortho intramolecular Hbond substituents is 1. The topological polar surface area (TPSA) is 66.6 Å². The number of hydrogen-bond acceptors (Lipinski definition) is 3. The van der Waals surface area contributed by atoms with Crippen molar-refractivity contribution in [2.24, 2.45) is 11.8 Å². The maximum absolute atomic E-state index is 11.7. The molecular weight excluding hydrogens is 204 g/mol. The third-order valence-corrected chi connectivity index (χ3v) is 2.65. The minimum Gasteiger partial charge on any atom is -0.508 e. The number of hydrogen-bond donors (Lipinski definition) is 2. The van der Waals surface area contributed by atoms with Crippen LogP contribution in [0.25, 0.3) is 0 Å². The molecule has 0 heterocycles. The Morgan fingerprint density at radius 2 is 2.12 bits per heavy atom. The number of carbonyl (C=O) groups is 1. The zero-order valence-electron chi connectivity index (χ0n) is 9.68. The largest absolute Gasteiger partial charge is 0.508 e. The van der Waals surface area contributed by atoms with Gasteiger partial charge in [-0.05, 0) is 12.5 Å². The molecule has 0 fully saturated rings. The lowest BCUT2D eigenvalue weighted by Gasteiger charge is -2.20. The Bertz CT molecular complexity index is 366. The van der Waals surface area contributed by atoms with Crippen LogP contribution < -0.4 is 5.84 Å². The van der Waals surface area contributed by atoms with Crippen molar-refractivity contribution in [1.82, 2.24) is 5.01 Å². The van der Waals surface area contributed by atoms with Crippen molar-refractivity contribution >= 4 is 5.91 Å². The Morgan fingerprint density at radius 1 is 1.50 bits per heavy atom. The van der Waals surface area contributed by atoms with Gasteiger partial charge < -0.3 is 5.11 Å². The molecule has 4 nitrogen and oxygen atoms in total. The predicted octanol–water partition coefficient (Wildman–Crippen LogP) is 1.64. The number of rotatable bonds is 4. The molecule has 0 radical (unpaired) electrons. The standard InChI is InChI=1S/C12H18N2O2/c1-3-9(2)12(16)14(13)8-10-6-4-5-7-11(10)15/h4-7,9,15H,3,8,13H2,1-2H3/t9-/m0/s1. The van der Waals surface area contributed by atoms with Crippen LogP contribution in [0.4, 0.5) is 0 Å². The maximum atomic E-state index is 11.7. The highest BCUT2D eigenvalue weighted by molar-refractivity contribution is 5.77. The Balaban J connectivity index is 2.68. The van der Waals surface area contributed by atoms with Crippen LogP contribution in [0.1, 0.15) is 25.8 Å². The summed E-state index contributed by atoms with van der Waals surface area (Å²) in [5, 5.41) is 10.7. The van der Waals surface area contributed by atoms with Gasteiger partial charge in [0.1, 0.15) is 5.75 Å². The summed E-state index contributed by atoms with van der Waals surface area (Å²) < 4.78 is 0. The molecule has 3 N–H and O–H groups in total. The van der Waals surface area contributed by atoms with Crippen molar-refractivity contribution in [1.29, 1.82) is 0 Å². The second-order valence-corrected chi connectivity index (χ2v) is 3.90. The summed E-state index contributed by atoms with van der Waals surface area (Å²) in [7, 11) is 0. The van der Waals surface area contributed by atoms with Crippen LogP contribution in [0.15, 0.2) is 24.3 Å². The molecule has 0 saturated carbocycles. The van der Waals surface area contributed by atoms with Gasteiger partial charge >= 0.3 is 0 Å². The SMILES string of the molecule is CC[C@H](C)C(=O)N(N)Cc1ccccc1O. The van der Waals surface area contributed by atoms with Crippen LogP contribution in [0.3, 0.4) is 0 Å². The molecule has 0 unspecified atom stereocenters. The van der Waals surface area contributed by atoms with Gasteiger partial charge in [-0.15, -0.1) is 0 Å². The van der Waals surface area contributed by atoms with Crippen molar-refractivity contribution in [3.63, 3.8) is 0 Å². The van der Waals surface area contributed by atoms with Crippen molar-refractivity contribution < 1.29 is 9.90 Å². The zero-order chi connectivity index (χ0) is 12.1. The molecule has 4 heteroatoms. The fraction of sp³-hybridized carbons (Fsp3) is 0.417. The third-order valence-electron chi connectivity index (χ3n) is 2.65. The van der Waals surface area contributed by atoms with Gasteiger partial charge in [0, 0.05) is 11.5 Å². The molecule has 1 rings (SSSR count). The van der Waals surface area contributed by atoms with Gasteiger partial charge in [0.15, 0.2) is 0 Å². The van der Waals surface area contributed by atoms with Crippen molar-refractivity contribution in [3.05, 3.63) is 29.8 Å². The summed E-state index contributed by atoms with van der Waals surface area (Å²) in [6.45, 7) is 4.01. The molecule has 1 amide bonds. The summed E-state index contributed by atoms with van der Waals surface area (Å²) in [6, 6.07) is 6.86. The first-order chi connectivity index (χ1) is 7.56. The van der Waals surface area contributed by atoms with E-state index in [0.29, 0.717) is 5.56 Å². The van der Waals surface area contributed by atoms with Crippen LogP contribution in [0, 0.1) is 5.92 Å². The van der Waals surface area contributed by atoms with Gasteiger partial charge in [0.25, 0.3) is 0 Å². The minimum atomic E-state index is -0.106. The number of benzene rings is 1. The van der Waals surface area contributed by atoms with Gasteiger partial charge in [-0.25, -0.2) is 5.84 Å². The van der Waals surface area contributed by atoms with Crippen LogP contribution in [-0.2, 0) is 11.3 Å². The normalized spacial score (nSPS) is 12.2. The van der Waals surface area contributed by atoms with Gasteiger partial charge in [0.2, 0.25) is 5.91 Å². The lowest BCUT2D eigenvalue weighted by atomic mass is 10.1. The molecule has 0 bridgehead atoms. The van der Waals surface area contributed by atoms with E-state index < -0.39 is 0 Å². The average Bonchev–Trinajstić information content (AvgIpc) is 2.30. The van der Waals surface area contributed by atoms with Crippen LogP contribution in [-0.4, -0.2) is 16.0 Å². The number of para-hydroxylation sites is 1. The molecule has 0 aromatic heterocycles. The second kappa shape index (κ2) is 5.51. The summed E-state index contributed by atoms with van der Waals surface area (Å²) in [5.41, 5.74) is 0.654. The van der Waals surface area contributed by atoms with E-state index in [2.05, 4.69) is 0 Å². The Morgan fingerprint density at radius 3 is 2.69 bits per heavy atom. The van der Waals surface area contributed by atoms with Crippen LogP contribution >= 0.6 is 0 Å². The van der Waals surface area contributed by atoms with E-state index in [4.69, 9.17) is 5.84 Å². The molecule has 1 aromatic carbocycles. The highest BCUT2D eigenvalue weighted by Gasteiger charge is 2.17. The smallest absolute Gasteiger partial charge is 0.239 e. The van der Waals surface area contributed by atoms with Gasteiger partial charge in [-0.1, -0.05) is 32.0 Å². The Hall–Kier alpha value is -1.55. The van der Waals surface area contributed by atoms with Crippen molar-refractivity contribution in [2.75, 3.05) is 0 Å². The van der Waals surface area contributed by atoms with Crippen molar-refractivity contribution in [3.8, 4) is 5.75 Å². The quantitative estimate of drug-likeness (QED) is 0.462. The van der Waals surface area contributed by atoms with E-state index in [9.17, 15) is 9.90 Å². The number of nitrogens with zero attached hydrogens (tertiary/aromatic N) is 1. The first kappa shape index (κ1) is 12.5. The molecule has 0 aliphatic rings. The molecule has 88 valence electrons. The molecule has 0 aliphatic carbocycles. The molecule has 0 saturated heterocycles. The van der Waals surface area contributed by atoms with Crippen LogP contribution in [0.5, 0.6) is 5.75 Å². The predicted molar refractivity (Wildman–Crippen MR) is 62.3 cm³/mol. The third kappa shape index (κ3) is 2.97. The average molecular weight is 222 g/mol. The summed E-state index contributed by atoms with van der Waals surface area (Å²) >= 11 is 0. The number of amides is 1. The van der Waals surface area contributed by atoms with E-state index in [0.717, 1.165) is 11.4 Å². The first-order valence-electron chi connectivity index (χ1n) is 5.39. The number of phenols is 1. The zero-order valence-corrected chi connectivity index (χ0v) is 9.68. The monoisotopic (exact) mass is 222 g/mol. The minimum absolute atomic E-state index is 0.0872. The summed E-state index contributed by atoms with van der Waals surface area (Å²) in [4.78, 5) is 11.7. The Labute approximate surface area is 95.6 Å². The van der Waals surface area contributed by atoms with Gasteiger partial charge in [0.05, 0.1) is 6.54 Å². The summed E-state index contributed by atoms with van der Waals surface area (Å²) in [5.74, 6) is 5.64. The number of hydrazine groups is 1. The number of aromatic hydroxyl groups is 1. The van der Waals surface area contributed by atoms with E-state index in [-0.39, 0.29) is 24.1 Å². The van der Waals surface area contributed by atoms with Gasteiger partial charge in [-0.3, -0.25) is 9.80 Å². The highest BCUT2D eigenvalue weighted by Crippen LogP contribution is 2.17. The summed E-state index contributed by atoms with van der Waals surface area (Å²) in [6.07, 6.45) is 0.757. The van der Waals surface area contributed by atoms with E-state index in [1.54, 1.807) is 24.3 Å². The molecule has 16 heavy (non-hydrogen) atoms. The fourth-order valence-corrected chi connectivity index (χ4v) is 1.36. The molecular formula is C12H18N2O2. The number of nitrogens with two attached hydrogens (primary N) is 1. The molecule has 0 spiro atoms. The lowest BCUT2D eigenvalue weighted by Crippen LogP contribution is -2.40. The maximum Gasteiger partial charge on any atom is 0.239 e. The molecule has 0 aliphatic heterocycles. The second-order valence-electron chi connectivity index (χ2n) is 3.90. The van der Waals surface area contributed by atoms with E-state index in [1.165, 1.54) is 0 Å². The lowest BCUT2D eigenvalue weighted by molar-refractivity contribution is -0.136. The van der Waals surface area contributed by atoms with Crippen LogP contribution in [0.2, 0.25) is 0 Å². The fourth-order valence-electron chi connectivity index (χ4n) is 1.36. The van der Waals surface area contributed by atoms with Crippen molar-refractivity contribution in [2.45, 2.75) is 26.8 Å². The molecule has 1 atom stereocenters. The first-order valence-corrected chi connectivity index (χ1v) is 5.39. The number of carbonyl (C=O) groups excluding carboxylic acids is 1. The molecule has 1 aromatic rings. The van der Waals surface area contributed by atoms with E-state index in [1.807, 2.05) is 13.8 Å². The Kier molecular flexibility index (Phi) is 4.31. The van der Waals surface area contributed by atoms with E-state index >= 15 is 0 Å². The van der Waals surface area contributed by atoms with Gasteiger partial charge in [-0.2, -0.15) is 0 Å².